The molecular formula is C22H25ClN2Te. The Balaban J connectivity index is 2.01. The third-order valence-corrected chi connectivity index (χ3v) is 10.9. The quantitative estimate of drug-likeness (QED) is 0.584. The molecule has 0 saturated heterocycles. The predicted octanol–water partition coefficient (Wildman–Crippen LogP) is 4.73. The molecule has 0 spiro atoms. The minimum absolute atomic E-state index is 1.21. The van der Waals surface area contributed by atoms with Crippen LogP contribution in [-0.4, -0.2) is 49.7 Å². The Hall–Kier alpha value is -1.53. The molecule has 1 heterocycles. The van der Waals surface area contributed by atoms with E-state index in [0.717, 1.165) is 0 Å². The summed E-state index contributed by atoms with van der Waals surface area (Å²) >= 11 is -2.11. The van der Waals surface area contributed by atoms with Gasteiger partial charge in [0.2, 0.25) is 0 Å². The molecule has 0 N–H and O–H groups in total. The van der Waals surface area contributed by atoms with E-state index in [1.807, 2.05) is 0 Å². The molecule has 26 heavy (non-hydrogen) atoms. The molecule has 3 rings (SSSR count). The molecule has 0 aromatic heterocycles. The van der Waals surface area contributed by atoms with Gasteiger partial charge in [0.1, 0.15) is 0 Å². The van der Waals surface area contributed by atoms with E-state index in [-0.39, 0.29) is 0 Å². The summed E-state index contributed by atoms with van der Waals surface area (Å²) < 4.78 is 2.65. The van der Waals surface area contributed by atoms with Crippen molar-refractivity contribution >= 4 is 45.5 Å². The summed E-state index contributed by atoms with van der Waals surface area (Å²) in [5.74, 6) is 0. The molecule has 0 fully saturated rings. The van der Waals surface area contributed by atoms with Crippen molar-refractivity contribution in [1.82, 2.24) is 0 Å². The maximum atomic E-state index is 7.09. The molecule has 2 nitrogen and oxygen atoms in total. The third-order valence-electron chi connectivity index (χ3n) is 4.44. The monoisotopic (exact) mass is 482 g/mol. The van der Waals surface area contributed by atoms with Crippen LogP contribution in [0.1, 0.15) is 18.1 Å². The number of nitrogens with zero attached hydrogens (tertiary/aromatic N) is 2. The van der Waals surface area contributed by atoms with E-state index in [2.05, 4.69) is 106 Å². The Labute approximate surface area is 167 Å². The Morgan fingerprint density at radius 1 is 0.692 bits per heavy atom. The molecular weight excluding hydrogens is 455 g/mol. The van der Waals surface area contributed by atoms with Crippen LogP contribution in [0.25, 0.3) is 3.62 Å². The zero-order chi connectivity index (χ0) is 18.8. The van der Waals surface area contributed by atoms with Gasteiger partial charge in [-0.3, -0.25) is 0 Å². The topological polar surface area (TPSA) is 6.48 Å². The van der Waals surface area contributed by atoms with Crippen molar-refractivity contribution in [2.45, 2.75) is 6.92 Å². The molecule has 0 saturated carbocycles. The molecule has 136 valence electrons. The second-order valence-electron chi connectivity index (χ2n) is 6.90. The molecule has 0 aliphatic carbocycles. The Morgan fingerprint density at radius 2 is 1.15 bits per heavy atom. The van der Waals surface area contributed by atoms with E-state index in [4.69, 9.17) is 8.96 Å². The second-order valence-corrected chi connectivity index (χ2v) is 12.9. The summed E-state index contributed by atoms with van der Waals surface area (Å²) in [6.45, 7) is 2.16. The first kappa shape index (κ1) is 19.2. The van der Waals surface area contributed by atoms with Gasteiger partial charge in [0.05, 0.1) is 0 Å². The average Bonchev–Trinajstić information content (AvgIpc) is 2.63. The SMILES string of the molecule is CC1=CC(c2ccc(N(C)C)cc2)=[Te](Cl)C(c2ccc(N(C)C)cc2)=C1. The maximum absolute atomic E-state index is 7.09. The van der Waals surface area contributed by atoms with Crippen molar-refractivity contribution in [1.29, 1.82) is 0 Å². The van der Waals surface area contributed by atoms with Gasteiger partial charge in [0, 0.05) is 0 Å². The molecule has 2 aromatic rings. The van der Waals surface area contributed by atoms with Crippen molar-refractivity contribution in [3.05, 3.63) is 77.4 Å². The van der Waals surface area contributed by atoms with Gasteiger partial charge in [-0.15, -0.1) is 0 Å². The van der Waals surface area contributed by atoms with Crippen molar-refractivity contribution in [2.75, 3.05) is 38.0 Å². The van der Waals surface area contributed by atoms with Crippen LogP contribution in [0.15, 0.2) is 66.3 Å². The Morgan fingerprint density at radius 3 is 1.62 bits per heavy atom. The van der Waals surface area contributed by atoms with Crippen LogP contribution in [0.4, 0.5) is 11.4 Å². The van der Waals surface area contributed by atoms with E-state index in [1.54, 1.807) is 0 Å². The van der Waals surface area contributed by atoms with Crippen LogP contribution in [0.5, 0.6) is 0 Å². The predicted molar refractivity (Wildman–Crippen MR) is 119 cm³/mol. The van der Waals surface area contributed by atoms with Crippen LogP contribution in [0, 0.1) is 0 Å². The van der Waals surface area contributed by atoms with Gasteiger partial charge < -0.3 is 0 Å². The fourth-order valence-corrected chi connectivity index (χ4v) is 8.98. The Kier molecular flexibility index (Phi) is 5.92. The summed E-state index contributed by atoms with van der Waals surface area (Å²) in [6, 6.07) is 17.4. The van der Waals surface area contributed by atoms with E-state index in [0.29, 0.717) is 0 Å². The molecule has 0 amide bonds. The summed E-state index contributed by atoms with van der Waals surface area (Å²) in [6.07, 6.45) is 4.54. The number of allylic oxidation sites excluding steroid dienone is 3. The molecule has 0 bridgehead atoms. The first-order valence-electron chi connectivity index (χ1n) is 8.60. The number of hydrogen-bond acceptors (Lipinski definition) is 2. The fourth-order valence-electron chi connectivity index (χ4n) is 2.90. The van der Waals surface area contributed by atoms with Gasteiger partial charge >= 0.3 is 168 Å². The second kappa shape index (κ2) is 8.01. The van der Waals surface area contributed by atoms with Gasteiger partial charge in [-0.2, -0.15) is 0 Å². The molecule has 2 aromatic carbocycles. The number of benzene rings is 2. The zero-order valence-corrected chi connectivity index (χ0v) is 19.0. The minimum atomic E-state index is -2.11. The van der Waals surface area contributed by atoms with Crippen molar-refractivity contribution in [3.8, 4) is 0 Å². The third kappa shape index (κ3) is 4.07. The van der Waals surface area contributed by atoms with E-state index in [1.165, 1.54) is 35.2 Å². The fraction of sp³-hybridized carbons (Fsp3) is 0.227. The van der Waals surface area contributed by atoms with Crippen LogP contribution >= 0.6 is 8.96 Å². The molecule has 1 aliphatic rings. The standard InChI is InChI=1S/C22H25ClN2Te/c1-16-14-21(17-6-10-19(11-7-17)24(2)3)26(23)22(15-16)18-8-12-20(13-9-18)25(4)5/h6-15H,1-5H3. The molecule has 4 heteroatoms. The summed E-state index contributed by atoms with van der Waals surface area (Å²) in [5, 5.41) is 0. The van der Waals surface area contributed by atoms with Crippen molar-refractivity contribution < 1.29 is 0 Å². The summed E-state index contributed by atoms with van der Waals surface area (Å²) in [7, 11) is 15.3. The van der Waals surface area contributed by atoms with E-state index >= 15 is 0 Å². The first-order valence-corrected chi connectivity index (χ1v) is 13.9. The van der Waals surface area contributed by atoms with Gasteiger partial charge in [-0.1, -0.05) is 0 Å². The number of hydrogen-bond donors (Lipinski definition) is 0. The van der Waals surface area contributed by atoms with Gasteiger partial charge in [0.15, 0.2) is 0 Å². The van der Waals surface area contributed by atoms with Gasteiger partial charge in [0.25, 0.3) is 0 Å². The van der Waals surface area contributed by atoms with Crippen LogP contribution in [0.3, 0.4) is 0 Å². The summed E-state index contributed by atoms with van der Waals surface area (Å²) in [5.41, 5.74) is 6.17. The molecule has 0 unspecified atom stereocenters. The number of rotatable bonds is 4. The Bertz CT molecular complexity index is 889. The summed E-state index contributed by atoms with van der Waals surface area (Å²) in [4.78, 5) is 4.23. The van der Waals surface area contributed by atoms with Crippen LogP contribution in [0.2, 0.25) is 0 Å². The number of halogens is 1. The van der Waals surface area contributed by atoms with Crippen LogP contribution in [-0.2, 0) is 0 Å². The van der Waals surface area contributed by atoms with Crippen LogP contribution < -0.4 is 9.80 Å². The molecule has 0 radical (unpaired) electrons. The average molecular weight is 481 g/mol. The normalized spacial score (nSPS) is 14.8. The van der Waals surface area contributed by atoms with E-state index < -0.39 is 18.0 Å². The van der Waals surface area contributed by atoms with Crippen molar-refractivity contribution in [3.63, 3.8) is 0 Å². The van der Waals surface area contributed by atoms with Crippen molar-refractivity contribution in [2.24, 2.45) is 0 Å². The van der Waals surface area contributed by atoms with E-state index in [9.17, 15) is 0 Å². The zero-order valence-electron chi connectivity index (χ0n) is 16.0. The molecule has 0 atom stereocenters. The number of anilines is 2. The first-order chi connectivity index (χ1) is 12.4. The van der Waals surface area contributed by atoms with Gasteiger partial charge in [-0.25, -0.2) is 0 Å². The van der Waals surface area contributed by atoms with Gasteiger partial charge in [-0.05, 0) is 0 Å². The molecule has 1 aliphatic heterocycles.